The molecule has 7 rings (SSSR count). The van der Waals surface area contributed by atoms with Gasteiger partial charge in [0.1, 0.15) is 0 Å². The molecule has 0 fully saturated rings. The Bertz CT molecular complexity index is 1820. The van der Waals surface area contributed by atoms with Gasteiger partial charge in [0.25, 0.3) is 0 Å². The zero-order chi connectivity index (χ0) is 28.0. The van der Waals surface area contributed by atoms with Crippen molar-refractivity contribution in [3.8, 4) is 28.4 Å². The number of pyridine rings is 2. The average molecular weight is 727 g/mol. The number of nitrogens with zero attached hydrogens (tertiary/aromatic N) is 3. The van der Waals surface area contributed by atoms with Crippen molar-refractivity contribution in [1.82, 2.24) is 14.5 Å². The molecule has 0 unspecified atom stereocenters. The molecule has 3 aromatic heterocycles. The normalized spacial score (nSPS) is 13.1. The molecule has 3 heterocycles. The Kier molecular flexibility index (Phi) is 7.20. The quantitative estimate of drug-likeness (QED) is 0.168. The largest absolute Gasteiger partial charge is 2.00 e. The first-order valence-corrected chi connectivity index (χ1v) is 13.8. The first-order chi connectivity index (χ1) is 19.9. The zero-order valence-corrected chi connectivity index (χ0v) is 25.9. The van der Waals surface area contributed by atoms with Crippen LogP contribution in [0.1, 0.15) is 48.7 Å². The van der Waals surface area contributed by atoms with E-state index >= 15 is 0 Å². The van der Waals surface area contributed by atoms with E-state index in [1.54, 1.807) is 0 Å². The van der Waals surface area contributed by atoms with Crippen LogP contribution in [0.15, 0.2) is 122 Å². The van der Waals surface area contributed by atoms with Crippen molar-refractivity contribution in [2.24, 2.45) is 0 Å². The standard InChI is InChI=1S/C37H29N3O.Pt/c1-36(2,3)26-18-21-39-35(24-26)40-22-19-29(25-40)41-28-12-10-11-27(23-28)37(34-17-8-9-20-38-34)32-15-6-4-13-30(32)31-14-5-7-16-33(31)37;/h4-22,24H,1-3H3;/q-2;+2. The molecule has 0 amide bonds. The van der Waals surface area contributed by atoms with Gasteiger partial charge in [0, 0.05) is 18.1 Å². The van der Waals surface area contributed by atoms with Crippen LogP contribution in [0.25, 0.3) is 16.9 Å². The van der Waals surface area contributed by atoms with Gasteiger partial charge < -0.3 is 9.30 Å². The summed E-state index contributed by atoms with van der Waals surface area (Å²) >= 11 is 0. The van der Waals surface area contributed by atoms with Crippen LogP contribution in [0.2, 0.25) is 0 Å². The minimum absolute atomic E-state index is 0. The number of hydrogen-bond acceptors (Lipinski definition) is 3. The molecule has 0 N–H and O–H groups in total. The number of aromatic nitrogens is 3. The molecule has 4 nitrogen and oxygen atoms in total. The van der Waals surface area contributed by atoms with Crippen LogP contribution in [0.4, 0.5) is 0 Å². The first kappa shape index (κ1) is 27.9. The maximum atomic E-state index is 6.35. The number of hydrogen-bond donors (Lipinski definition) is 0. The van der Waals surface area contributed by atoms with Gasteiger partial charge in [-0.1, -0.05) is 81.4 Å². The van der Waals surface area contributed by atoms with Crippen molar-refractivity contribution >= 4 is 0 Å². The van der Waals surface area contributed by atoms with Crippen molar-refractivity contribution in [2.75, 3.05) is 0 Å². The summed E-state index contributed by atoms with van der Waals surface area (Å²) < 4.78 is 8.22. The molecule has 5 heteroatoms. The third-order valence-corrected chi connectivity index (χ3v) is 7.86. The molecule has 3 aromatic carbocycles. The summed E-state index contributed by atoms with van der Waals surface area (Å²) in [5, 5.41) is 0. The summed E-state index contributed by atoms with van der Waals surface area (Å²) in [4.78, 5) is 9.46. The van der Waals surface area contributed by atoms with Gasteiger partial charge >= 0.3 is 21.1 Å². The van der Waals surface area contributed by atoms with E-state index in [-0.39, 0.29) is 26.5 Å². The van der Waals surface area contributed by atoms with Crippen LogP contribution in [0.3, 0.4) is 0 Å². The molecule has 0 atom stereocenters. The Morgan fingerprint density at radius 2 is 1.43 bits per heavy atom. The summed E-state index contributed by atoms with van der Waals surface area (Å²) in [6.45, 7) is 6.59. The van der Waals surface area contributed by atoms with Gasteiger partial charge in [-0.15, -0.1) is 30.0 Å². The van der Waals surface area contributed by atoms with Crippen molar-refractivity contribution in [1.29, 1.82) is 0 Å². The number of benzene rings is 3. The van der Waals surface area contributed by atoms with Gasteiger partial charge in [-0.25, -0.2) is 0 Å². The molecular weight excluding hydrogens is 698 g/mol. The molecule has 0 bridgehead atoms. The summed E-state index contributed by atoms with van der Waals surface area (Å²) in [6.07, 6.45) is 8.95. The Hall–Kier alpha value is -4.27. The van der Waals surface area contributed by atoms with Crippen molar-refractivity contribution in [3.63, 3.8) is 0 Å². The summed E-state index contributed by atoms with van der Waals surface area (Å²) in [5.41, 5.74) is 7.35. The molecule has 0 saturated carbocycles. The molecule has 1 aliphatic carbocycles. The minimum Gasteiger partial charge on any atom is -0.502 e. The van der Waals surface area contributed by atoms with Crippen molar-refractivity contribution < 1.29 is 25.8 Å². The second-order valence-electron chi connectivity index (χ2n) is 11.4. The third kappa shape index (κ3) is 4.61. The molecule has 208 valence electrons. The van der Waals surface area contributed by atoms with Gasteiger partial charge in [-0.05, 0) is 57.6 Å². The SMILES string of the molecule is CC(C)(C)c1ccnc(-n2[c-]c(Oc3[c-]c(C4(c5ccccn5)c5ccccc5-c5ccccc54)ccc3)cc2)c1.[Pt+2]. The van der Waals surface area contributed by atoms with Gasteiger partial charge in [0.05, 0.1) is 22.7 Å². The van der Waals surface area contributed by atoms with E-state index < -0.39 is 5.41 Å². The fourth-order valence-corrected chi connectivity index (χ4v) is 5.91. The molecule has 0 radical (unpaired) electrons. The summed E-state index contributed by atoms with van der Waals surface area (Å²) in [7, 11) is 0. The third-order valence-electron chi connectivity index (χ3n) is 7.86. The van der Waals surface area contributed by atoms with Crippen molar-refractivity contribution in [2.45, 2.75) is 31.6 Å². The predicted molar refractivity (Wildman–Crippen MR) is 162 cm³/mol. The Labute approximate surface area is 261 Å². The molecular formula is C37H29N3OPt. The number of ether oxygens (including phenoxy) is 1. The first-order valence-electron chi connectivity index (χ1n) is 13.8. The second-order valence-corrected chi connectivity index (χ2v) is 11.4. The van der Waals surface area contributed by atoms with E-state index in [9.17, 15) is 0 Å². The fourth-order valence-electron chi connectivity index (χ4n) is 5.91. The van der Waals surface area contributed by atoms with E-state index in [1.165, 1.54) is 27.8 Å². The predicted octanol–water partition coefficient (Wildman–Crippen LogP) is 8.32. The summed E-state index contributed by atoms with van der Waals surface area (Å²) in [5.74, 6) is 2.02. The summed E-state index contributed by atoms with van der Waals surface area (Å²) in [6, 6.07) is 39.1. The molecule has 0 aliphatic heterocycles. The van der Waals surface area contributed by atoms with E-state index in [0.717, 1.165) is 17.1 Å². The molecule has 1 aliphatic rings. The maximum absolute atomic E-state index is 6.35. The topological polar surface area (TPSA) is 39.9 Å². The van der Waals surface area contributed by atoms with Crippen LogP contribution in [0, 0.1) is 12.3 Å². The molecule has 42 heavy (non-hydrogen) atoms. The number of rotatable bonds is 5. The van der Waals surface area contributed by atoms with Crippen LogP contribution < -0.4 is 4.74 Å². The van der Waals surface area contributed by atoms with Crippen LogP contribution in [-0.2, 0) is 31.9 Å². The molecule has 0 saturated heterocycles. The smallest absolute Gasteiger partial charge is 0.502 e. The van der Waals surface area contributed by atoms with E-state index in [2.05, 4.69) is 111 Å². The average Bonchev–Trinajstić information content (AvgIpc) is 3.59. The van der Waals surface area contributed by atoms with Gasteiger partial charge in [-0.2, -0.15) is 12.1 Å². The fraction of sp³-hybridized carbons (Fsp3) is 0.135. The van der Waals surface area contributed by atoms with Gasteiger partial charge in [-0.3, -0.25) is 9.97 Å². The van der Waals surface area contributed by atoms with Crippen LogP contribution in [0.5, 0.6) is 11.5 Å². The monoisotopic (exact) mass is 726 g/mol. The van der Waals surface area contributed by atoms with E-state index in [0.29, 0.717) is 11.5 Å². The maximum Gasteiger partial charge on any atom is 2.00 e. The zero-order valence-electron chi connectivity index (χ0n) is 23.6. The Morgan fingerprint density at radius 1 is 0.714 bits per heavy atom. The van der Waals surface area contributed by atoms with E-state index in [1.807, 2.05) is 53.5 Å². The van der Waals surface area contributed by atoms with Gasteiger partial charge in [0.2, 0.25) is 0 Å². The van der Waals surface area contributed by atoms with Gasteiger partial charge in [0.15, 0.2) is 0 Å². The molecule has 0 spiro atoms. The van der Waals surface area contributed by atoms with E-state index in [4.69, 9.17) is 9.72 Å². The Balaban J connectivity index is 0.00000316. The Morgan fingerprint density at radius 3 is 2.12 bits per heavy atom. The minimum atomic E-state index is -0.624. The molecule has 6 aromatic rings. The second kappa shape index (κ2) is 10.9. The number of fused-ring (bicyclic) bond motifs is 3. The van der Waals surface area contributed by atoms with Crippen LogP contribution >= 0.6 is 0 Å². The van der Waals surface area contributed by atoms with Crippen molar-refractivity contribution in [3.05, 3.63) is 162 Å². The van der Waals surface area contributed by atoms with Crippen LogP contribution in [-0.4, -0.2) is 14.5 Å².